The maximum atomic E-state index is 12.0. The maximum Gasteiger partial charge on any atom is 0.211 e. The van der Waals surface area contributed by atoms with E-state index in [0.29, 0.717) is 37.6 Å². The highest BCUT2D eigenvalue weighted by atomic mass is 79.9. The SMILES string of the molecule is Cc1cc([C@H](C)NC[C@H](O)c2ccc(O)c(NC=O)c2)ccc1OCCC[N+]12CCC(CC1)[C@@H](OC[C@@](O)(c1ccccc1)C1CCCC1)C2.[Br-]. The van der Waals surface area contributed by atoms with Crippen molar-refractivity contribution in [3.05, 3.63) is 89.0 Å². The van der Waals surface area contributed by atoms with Gasteiger partial charge < -0.3 is 56.9 Å². The molecule has 3 aliphatic heterocycles. The summed E-state index contributed by atoms with van der Waals surface area (Å²) in [4.78, 5) is 10.8. The number of aromatic hydroxyl groups is 1. The molecule has 3 aromatic carbocycles. The van der Waals surface area contributed by atoms with Gasteiger partial charge >= 0.3 is 0 Å². The molecule has 4 fully saturated rings. The van der Waals surface area contributed by atoms with Crippen LogP contribution in [0.15, 0.2) is 66.7 Å². The second-order valence-corrected chi connectivity index (χ2v) is 15.1. The number of carbonyl (C=O) groups excluding carboxylic acids is 1. The molecule has 3 heterocycles. The minimum absolute atomic E-state index is 0. The van der Waals surface area contributed by atoms with Crippen molar-refractivity contribution >= 4 is 12.1 Å². The zero-order valence-corrected chi connectivity index (χ0v) is 31.7. The quantitative estimate of drug-likeness (QED) is 0.0621. The molecule has 2 bridgehead atoms. The average Bonchev–Trinajstić information content (AvgIpc) is 3.70. The van der Waals surface area contributed by atoms with Gasteiger partial charge in [-0.15, -0.1) is 0 Å². The number of anilines is 1. The number of rotatable bonds is 17. The van der Waals surface area contributed by atoms with Crippen molar-refractivity contribution in [3.8, 4) is 11.5 Å². The number of phenols is 1. The first-order chi connectivity index (χ1) is 24.2. The van der Waals surface area contributed by atoms with E-state index in [1.165, 1.54) is 44.8 Å². The van der Waals surface area contributed by atoms with E-state index in [0.717, 1.165) is 59.3 Å². The molecule has 1 saturated carbocycles. The summed E-state index contributed by atoms with van der Waals surface area (Å²) in [7, 11) is 0. The largest absolute Gasteiger partial charge is 1.00 e. The number of piperidine rings is 3. The summed E-state index contributed by atoms with van der Waals surface area (Å²) in [5.41, 5.74) is 3.12. The van der Waals surface area contributed by atoms with Crippen LogP contribution >= 0.6 is 0 Å². The zero-order chi connectivity index (χ0) is 35.1. The van der Waals surface area contributed by atoms with Crippen LogP contribution in [0, 0.1) is 18.8 Å². The number of hydrogen-bond donors (Lipinski definition) is 5. The Labute approximate surface area is 313 Å². The van der Waals surface area contributed by atoms with Crippen molar-refractivity contribution in [3.63, 3.8) is 0 Å². The first kappa shape index (κ1) is 39.2. The summed E-state index contributed by atoms with van der Waals surface area (Å²) in [6.07, 6.45) is 7.75. The third-order valence-electron chi connectivity index (χ3n) is 11.8. The van der Waals surface area contributed by atoms with Gasteiger partial charge in [-0.3, -0.25) is 4.79 Å². The van der Waals surface area contributed by atoms with Crippen LogP contribution in [-0.2, 0) is 15.1 Å². The van der Waals surface area contributed by atoms with Gasteiger partial charge in [-0.2, -0.15) is 0 Å². The van der Waals surface area contributed by atoms with Crippen LogP contribution in [0.3, 0.4) is 0 Å². The Morgan fingerprint density at radius 1 is 1.00 bits per heavy atom. The monoisotopic (exact) mass is 765 g/mol. The van der Waals surface area contributed by atoms with E-state index in [4.69, 9.17) is 9.47 Å². The number of aliphatic hydroxyl groups excluding tert-OH is 1. The van der Waals surface area contributed by atoms with E-state index in [2.05, 4.69) is 48.7 Å². The Morgan fingerprint density at radius 2 is 1.73 bits per heavy atom. The summed E-state index contributed by atoms with van der Waals surface area (Å²) in [5.74, 6) is 1.69. The summed E-state index contributed by atoms with van der Waals surface area (Å²) in [5, 5.41) is 38.5. The molecule has 0 radical (unpaired) electrons. The van der Waals surface area contributed by atoms with E-state index in [1.54, 1.807) is 12.1 Å². The lowest BCUT2D eigenvalue weighted by atomic mass is 9.80. The second kappa shape index (κ2) is 17.7. The first-order valence-corrected chi connectivity index (χ1v) is 18.6. The molecule has 0 unspecified atom stereocenters. The summed E-state index contributed by atoms with van der Waals surface area (Å²) in [6, 6.07) is 21.1. The number of nitrogens with zero attached hydrogens (tertiary/aromatic N) is 1. The molecule has 0 aromatic heterocycles. The minimum Gasteiger partial charge on any atom is -1.00 e. The number of halogens is 1. The third kappa shape index (κ3) is 9.33. The van der Waals surface area contributed by atoms with Crippen LogP contribution < -0.4 is 32.4 Å². The van der Waals surface area contributed by atoms with E-state index < -0.39 is 11.7 Å². The minimum atomic E-state index is -0.917. The number of ether oxygens (including phenoxy) is 2. The van der Waals surface area contributed by atoms with Gasteiger partial charge in [0.25, 0.3) is 0 Å². The topological polar surface area (TPSA) is 120 Å². The van der Waals surface area contributed by atoms with Crippen LogP contribution in [0.4, 0.5) is 5.69 Å². The number of phenolic OH excluding ortho intramolecular Hbond substituents is 1. The van der Waals surface area contributed by atoms with E-state index in [1.807, 2.05) is 24.3 Å². The van der Waals surface area contributed by atoms with Gasteiger partial charge in [-0.05, 0) is 73.1 Å². The third-order valence-corrected chi connectivity index (χ3v) is 11.8. The molecule has 4 atom stereocenters. The highest BCUT2D eigenvalue weighted by Crippen LogP contribution is 2.43. The predicted octanol–water partition coefficient (Wildman–Crippen LogP) is 3.13. The molecule has 1 amide bonds. The Morgan fingerprint density at radius 3 is 2.43 bits per heavy atom. The van der Waals surface area contributed by atoms with Crippen LogP contribution in [0.1, 0.15) is 86.3 Å². The Balaban J connectivity index is 0.00000504. The van der Waals surface area contributed by atoms with Crippen molar-refractivity contribution in [2.45, 2.75) is 82.6 Å². The van der Waals surface area contributed by atoms with Crippen molar-refractivity contribution in [1.29, 1.82) is 0 Å². The summed E-state index contributed by atoms with van der Waals surface area (Å²) < 4.78 is 14.1. The maximum absolute atomic E-state index is 12.0. The van der Waals surface area contributed by atoms with Gasteiger partial charge in [-0.25, -0.2) is 0 Å². The van der Waals surface area contributed by atoms with E-state index in [-0.39, 0.29) is 46.5 Å². The average molecular weight is 767 g/mol. The first-order valence-electron chi connectivity index (χ1n) is 18.6. The van der Waals surface area contributed by atoms with Crippen molar-refractivity contribution in [1.82, 2.24) is 5.32 Å². The predicted molar refractivity (Wildman–Crippen MR) is 195 cm³/mol. The number of hydrogen-bond acceptors (Lipinski definition) is 7. The van der Waals surface area contributed by atoms with Gasteiger partial charge in [0.05, 0.1) is 44.6 Å². The fraction of sp³-hybridized carbons (Fsp3) is 0.537. The number of aliphatic hydroxyl groups is 2. The van der Waals surface area contributed by atoms with Crippen LogP contribution in [0.5, 0.6) is 11.5 Å². The van der Waals surface area contributed by atoms with E-state index >= 15 is 0 Å². The molecular formula is C41H56BrN3O6. The number of fused-ring (bicyclic) bond motifs is 3. The van der Waals surface area contributed by atoms with Gasteiger partial charge in [0.1, 0.15) is 29.7 Å². The van der Waals surface area contributed by atoms with Crippen molar-refractivity contribution in [2.24, 2.45) is 11.8 Å². The molecule has 3 saturated heterocycles. The molecule has 7 rings (SSSR count). The molecule has 9 nitrogen and oxygen atoms in total. The fourth-order valence-electron chi connectivity index (χ4n) is 8.68. The van der Waals surface area contributed by atoms with Gasteiger partial charge in [0.2, 0.25) is 6.41 Å². The number of nitrogens with one attached hydrogen (secondary N) is 2. The Bertz CT molecular complexity index is 1560. The second-order valence-electron chi connectivity index (χ2n) is 15.1. The van der Waals surface area contributed by atoms with E-state index in [9.17, 15) is 20.1 Å². The molecule has 4 aliphatic rings. The molecule has 3 aromatic rings. The van der Waals surface area contributed by atoms with Gasteiger partial charge in [0.15, 0.2) is 0 Å². The molecule has 1 aliphatic carbocycles. The zero-order valence-electron chi connectivity index (χ0n) is 30.1. The normalized spacial score (nSPS) is 23.9. The molecular weight excluding hydrogens is 710 g/mol. The smallest absolute Gasteiger partial charge is 0.211 e. The van der Waals surface area contributed by atoms with Crippen LogP contribution in [0.25, 0.3) is 0 Å². The molecule has 51 heavy (non-hydrogen) atoms. The van der Waals surface area contributed by atoms with Crippen LogP contribution in [0.2, 0.25) is 0 Å². The van der Waals surface area contributed by atoms with Crippen molar-refractivity contribution < 1.29 is 51.1 Å². The van der Waals surface area contributed by atoms with Gasteiger partial charge in [-0.1, -0.05) is 61.4 Å². The lowest BCUT2D eigenvalue weighted by Gasteiger charge is -2.53. The number of benzene rings is 3. The Hall–Kier alpha value is -2.99. The lowest BCUT2D eigenvalue weighted by Crippen LogP contribution is -3.00. The number of amides is 1. The Kier molecular flexibility index (Phi) is 13.6. The lowest BCUT2D eigenvalue weighted by molar-refractivity contribution is -0.946. The summed E-state index contributed by atoms with van der Waals surface area (Å²) in [6.45, 7) is 9.99. The molecule has 10 heteroatoms. The van der Waals surface area contributed by atoms with Crippen LogP contribution in [-0.4, -0.2) is 78.3 Å². The fourth-order valence-corrected chi connectivity index (χ4v) is 8.68. The molecule has 0 spiro atoms. The standard InChI is InChI=1S/C41H55N3O6.BrH/c1-29-23-32(30(2)42-25-38(47)33-13-15-37(46)36(24-33)43-28-45)14-16-39(29)49-22-8-19-44-20-17-31(18-21-44)40(26-44)50-27-41(48,35-11-6-7-12-35)34-9-4-3-5-10-34;/h3-5,9-10,13-16,23-24,28,30-31,35,38,40,42,47-48H,6-8,11-12,17-22,25-27H2,1-2H3,(H-,43,45,46);1H/t30-,31?,38-,40-,41+,44?;/m0./s1. The van der Waals surface area contributed by atoms with Gasteiger partial charge in [0, 0.05) is 37.8 Å². The number of carbonyl (C=O) groups is 1. The molecule has 278 valence electrons. The molecule has 5 N–H and O–H groups in total. The highest BCUT2D eigenvalue weighted by molar-refractivity contribution is 5.75. The highest BCUT2D eigenvalue weighted by Gasteiger charge is 2.48. The summed E-state index contributed by atoms with van der Waals surface area (Å²) >= 11 is 0. The van der Waals surface area contributed by atoms with Crippen molar-refractivity contribution in [2.75, 3.05) is 51.3 Å². The number of quaternary nitrogens is 1. The number of aryl methyl sites for hydroxylation is 1.